The van der Waals surface area contributed by atoms with E-state index < -0.39 is 18.0 Å². The molecule has 1 aliphatic rings. The van der Waals surface area contributed by atoms with Gasteiger partial charge in [0.2, 0.25) is 0 Å². The van der Waals surface area contributed by atoms with Crippen LogP contribution in [0.4, 0.5) is 5.69 Å². The number of anilines is 1. The van der Waals surface area contributed by atoms with E-state index in [1.807, 2.05) is 0 Å². The molecule has 0 saturated heterocycles. The maximum atomic E-state index is 12.4. The van der Waals surface area contributed by atoms with E-state index in [1.54, 1.807) is 36.4 Å². The van der Waals surface area contributed by atoms with Gasteiger partial charge >= 0.3 is 5.97 Å². The minimum atomic E-state index is -1.09. The lowest BCUT2D eigenvalue weighted by molar-refractivity contribution is -0.153. The highest BCUT2D eigenvalue weighted by atomic mass is 35.5. The van der Waals surface area contributed by atoms with Crippen molar-refractivity contribution in [2.24, 2.45) is 0 Å². The average molecular weight is 419 g/mol. The summed E-state index contributed by atoms with van der Waals surface area (Å²) in [6.45, 7) is 4.94. The maximum absolute atomic E-state index is 12.4. The summed E-state index contributed by atoms with van der Waals surface area (Å²) in [7, 11) is 0. The normalized spacial score (nSPS) is 13.9. The van der Waals surface area contributed by atoms with E-state index in [1.165, 1.54) is 17.9 Å². The Morgan fingerprint density at radius 3 is 2.50 bits per heavy atom. The number of hydrogen-bond acceptors (Lipinski definition) is 4. The van der Waals surface area contributed by atoms with Gasteiger partial charge < -0.3 is 10.1 Å². The quantitative estimate of drug-likeness (QED) is 0.744. The molecule has 3 rings (SSSR count). The van der Waals surface area contributed by atoms with Gasteiger partial charge in [0, 0.05) is 21.8 Å². The van der Waals surface area contributed by atoms with Gasteiger partial charge in [-0.2, -0.15) is 0 Å². The highest BCUT2D eigenvalue weighted by Gasteiger charge is 2.33. The molecule has 8 heteroatoms. The van der Waals surface area contributed by atoms with Crippen molar-refractivity contribution in [3.05, 3.63) is 70.2 Å². The zero-order valence-electron chi connectivity index (χ0n) is 14.9. The third-order valence-electron chi connectivity index (χ3n) is 4.19. The SMILES string of the molecule is C=C1c2ccccc2C(=O)N1CC(=O)OC(C)C(=O)Nc1ccc(Cl)cc1Cl. The Balaban J connectivity index is 1.59. The number of fused-ring (bicyclic) bond motifs is 1. The van der Waals surface area contributed by atoms with Gasteiger partial charge in [-0.25, -0.2) is 0 Å². The van der Waals surface area contributed by atoms with Crippen LogP contribution in [-0.4, -0.2) is 35.3 Å². The van der Waals surface area contributed by atoms with Crippen molar-refractivity contribution in [2.45, 2.75) is 13.0 Å². The third-order valence-corrected chi connectivity index (χ3v) is 4.74. The Morgan fingerprint density at radius 1 is 1.18 bits per heavy atom. The first kappa shape index (κ1) is 19.9. The number of nitrogens with one attached hydrogen (secondary N) is 1. The fourth-order valence-electron chi connectivity index (χ4n) is 2.74. The molecule has 1 heterocycles. The number of rotatable bonds is 5. The summed E-state index contributed by atoms with van der Waals surface area (Å²) in [4.78, 5) is 38.1. The number of amides is 2. The molecule has 1 aliphatic heterocycles. The second-order valence-corrected chi connectivity index (χ2v) is 6.97. The van der Waals surface area contributed by atoms with E-state index in [0.717, 1.165) is 0 Å². The molecule has 0 spiro atoms. The number of benzene rings is 2. The van der Waals surface area contributed by atoms with Gasteiger partial charge in [0.15, 0.2) is 6.10 Å². The van der Waals surface area contributed by atoms with Crippen LogP contribution in [0.25, 0.3) is 5.70 Å². The Kier molecular flexibility index (Phi) is 5.72. The van der Waals surface area contributed by atoms with Crippen LogP contribution >= 0.6 is 23.2 Å². The minimum Gasteiger partial charge on any atom is -0.451 e. The zero-order valence-corrected chi connectivity index (χ0v) is 16.4. The van der Waals surface area contributed by atoms with Crippen LogP contribution in [0.5, 0.6) is 0 Å². The van der Waals surface area contributed by atoms with Crippen LogP contribution < -0.4 is 5.32 Å². The first-order valence-electron chi connectivity index (χ1n) is 8.33. The number of carbonyl (C=O) groups is 3. The van der Waals surface area contributed by atoms with Crippen molar-refractivity contribution >= 4 is 52.4 Å². The Labute approximate surface area is 171 Å². The number of esters is 1. The molecule has 144 valence electrons. The Hall–Kier alpha value is -2.83. The van der Waals surface area contributed by atoms with Gasteiger partial charge in [-0.15, -0.1) is 0 Å². The highest BCUT2D eigenvalue weighted by molar-refractivity contribution is 6.36. The lowest BCUT2D eigenvalue weighted by Crippen LogP contribution is -2.35. The molecule has 1 atom stereocenters. The smallest absolute Gasteiger partial charge is 0.326 e. The maximum Gasteiger partial charge on any atom is 0.326 e. The lowest BCUT2D eigenvalue weighted by atomic mass is 10.1. The Morgan fingerprint density at radius 2 is 1.86 bits per heavy atom. The molecular weight excluding hydrogens is 403 g/mol. The molecule has 2 aromatic carbocycles. The summed E-state index contributed by atoms with van der Waals surface area (Å²) in [5, 5.41) is 3.25. The largest absolute Gasteiger partial charge is 0.451 e. The second kappa shape index (κ2) is 8.04. The fourth-order valence-corrected chi connectivity index (χ4v) is 3.20. The molecule has 1 unspecified atom stereocenters. The molecule has 0 bridgehead atoms. The van der Waals surface area contributed by atoms with Gasteiger partial charge in [0.05, 0.1) is 10.7 Å². The van der Waals surface area contributed by atoms with Crippen molar-refractivity contribution in [1.82, 2.24) is 4.90 Å². The summed E-state index contributed by atoms with van der Waals surface area (Å²) in [6.07, 6.45) is -1.09. The van der Waals surface area contributed by atoms with E-state index in [9.17, 15) is 14.4 Å². The molecule has 0 radical (unpaired) electrons. The van der Waals surface area contributed by atoms with Gasteiger partial charge in [0.25, 0.3) is 11.8 Å². The van der Waals surface area contributed by atoms with Crippen molar-refractivity contribution in [3.63, 3.8) is 0 Å². The fraction of sp³-hybridized carbons (Fsp3) is 0.150. The van der Waals surface area contributed by atoms with E-state index in [-0.39, 0.29) is 17.5 Å². The number of nitrogens with zero attached hydrogens (tertiary/aromatic N) is 1. The molecule has 2 amide bonds. The summed E-state index contributed by atoms with van der Waals surface area (Å²) in [6, 6.07) is 11.5. The van der Waals surface area contributed by atoms with Gasteiger partial charge in [-0.3, -0.25) is 19.3 Å². The van der Waals surface area contributed by atoms with Crippen LogP contribution in [0, 0.1) is 0 Å². The van der Waals surface area contributed by atoms with Crippen LogP contribution in [0.2, 0.25) is 10.0 Å². The molecule has 28 heavy (non-hydrogen) atoms. The molecule has 0 aliphatic carbocycles. The molecule has 6 nitrogen and oxygen atoms in total. The molecular formula is C20H16Cl2N2O4. The first-order valence-corrected chi connectivity index (χ1v) is 9.09. The topological polar surface area (TPSA) is 75.7 Å². The first-order chi connectivity index (χ1) is 13.3. The van der Waals surface area contributed by atoms with Gasteiger partial charge in [0.1, 0.15) is 6.54 Å². The van der Waals surface area contributed by atoms with Crippen LogP contribution in [0.3, 0.4) is 0 Å². The summed E-state index contributed by atoms with van der Waals surface area (Å²) >= 11 is 11.8. The molecule has 2 aromatic rings. The molecule has 0 fully saturated rings. The predicted molar refractivity (Wildman–Crippen MR) is 107 cm³/mol. The predicted octanol–water partition coefficient (Wildman–Crippen LogP) is 3.99. The van der Waals surface area contributed by atoms with Crippen molar-refractivity contribution in [1.29, 1.82) is 0 Å². The van der Waals surface area contributed by atoms with Crippen LogP contribution in [0.15, 0.2) is 49.0 Å². The number of hydrogen-bond donors (Lipinski definition) is 1. The monoisotopic (exact) mass is 418 g/mol. The average Bonchev–Trinajstić information content (AvgIpc) is 2.89. The van der Waals surface area contributed by atoms with Crippen molar-refractivity contribution in [2.75, 3.05) is 11.9 Å². The van der Waals surface area contributed by atoms with Crippen molar-refractivity contribution in [3.8, 4) is 0 Å². The second-order valence-electron chi connectivity index (χ2n) is 6.13. The Bertz CT molecular complexity index is 955. The third kappa shape index (κ3) is 4.03. The summed E-state index contributed by atoms with van der Waals surface area (Å²) < 4.78 is 5.15. The lowest BCUT2D eigenvalue weighted by Gasteiger charge is -2.19. The van der Waals surface area contributed by atoms with E-state index >= 15 is 0 Å². The van der Waals surface area contributed by atoms with Crippen LogP contribution in [-0.2, 0) is 14.3 Å². The van der Waals surface area contributed by atoms with E-state index in [0.29, 0.717) is 27.5 Å². The summed E-state index contributed by atoms with van der Waals surface area (Å²) in [5.41, 5.74) is 1.91. The van der Waals surface area contributed by atoms with Gasteiger partial charge in [-0.1, -0.05) is 48.0 Å². The van der Waals surface area contributed by atoms with Gasteiger partial charge in [-0.05, 0) is 31.2 Å². The molecule has 0 saturated carbocycles. The minimum absolute atomic E-state index is 0.260. The molecule has 1 N–H and O–H groups in total. The number of carbonyl (C=O) groups excluding carboxylic acids is 3. The van der Waals surface area contributed by atoms with Crippen molar-refractivity contribution < 1.29 is 19.1 Å². The number of halogens is 2. The number of ether oxygens (including phenoxy) is 1. The van der Waals surface area contributed by atoms with E-state index in [4.69, 9.17) is 27.9 Å². The highest BCUT2D eigenvalue weighted by Crippen LogP contribution is 2.31. The summed E-state index contributed by atoms with van der Waals surface area (Å²) in [5.74, 6) is -1.62. The zero-order chi connectivity index (χ0) is 20.4. The van der Waals surface area contributed by atoms with Crippen LogP contribution in [0.1, 0.15) is 22.8 Å². The molecule has 0 aromatic heterocycles. The standard InChI is InChI=1S/C20H16Cl2N2O4/c1-11-14-5-3-4-6-15(14)20(27)24(11)10-18(25)28-12(2)19(26)23-17-8-7-13(21)9-16(17)22/h3-9,12H,1,10H2,2H3,(H,23,26). The van der Waals surface area contributed by atoms with E-state index in [2.05, 4.69) is 11.9 Å².